The Labute approximate surface area is 165 Å². The summed E-state index contributed by atoms with van der Waals surface area (Å²) in [4.78, 5) is 2.33. The first-order valence-corrected chi connectivity index (χ1v) is 10.4. The summed E-state index contributed by atoms with van der Waals surface area (Å²) in [5.74, 6) is 2.13. The highest BCUT2D eigenvalue weighted by atomic mass is 32.2. The van der Waals surface area contributed by atoms with Crippen LogP contribution in [-0.2, 0) is 18.8 Å². The van der Waals surface area contributed by atoms with Gasteiger partial charge in [0.1, 0.15) is 11.6 Å². The topological polar surface area (TPSA) is 34.0 Å². The van der Waals surface area contributed by atoms with Crippen LogP contribution in [0.5, 0.6) is 0 Å². The number of allylic oxidation sites excluding steroid dienone is 3. The van der Waals surface area contributed by atoms with Gasteiger partial charge in [-0.1, -0.05) is 42.1 Å². The first-order valence-electron chi connectivity index (χ1n) is 9.39. The van der Waals surface area contributed by atoms with Crippen LogP contribution in [0, 0.1) is 11.7 Å². The van der Waals surface area contributed by atoms with E-state index in [0.717, 1.165) is 35.6 Å². The minimum absolute atomic E-state index is 0.208. The van der Waals surface area contributed by atoms with Crippen molar-refractivity contribution in [2.75, 3.05) is 13.6 Å². The molecule has 0 saturated heterocycles. The van der Waals surface area contributed by atoms with E-state index in [9.17, 15) is 4.39 Å². The summed E-state index contributed by atoms with van der Waals surface area (Å²) in [5, 5.41) is 9.63. The smallest absolute Gasteiger partial charge is 0.191 e. The lowest BCUT2D eigenvalue weighted by Crippen LogP contribution is -2.27. The first kappa shape index (κ1) is 19.8. The van der Waals surface area contributed by atoms with Crippen molar-refractivity contribution in [3.63, 3.8) is 0 Å². The maximum atomic E-state index is 13.4. The van der Waals surface area contributed by atoms with Crippen LogP contribution in [0.15, 0.2) is 54.2 Å². The molecular formula is C21H27FN4S. The van der Waals surface area contributed by atoms with E-state index in [1.165, 1.54) is 25.3 Å². The first-order chi connectivity index (χ1) is 13.2. The zero-order chi connectivity index (χ0) is 19.1. The summed E-state index contributed by atoms with van der Waals surface area (Å²) in [7, 11) is 2.14. The number of benzene rings is 1. The Bertz CT molecular complexity index is 786. The molecule has 3 rings (SSSR count). The maximum Gasteiger partial charge on any atom is 0.191 e. The lowest BCUT2D eigenvalue weighted by Gasteiger charge is -2.24. The molecule has 1 aliphatic carbocycles. The molecule has 0 radical (unpaired) electrons. The highest BCUT2D eigenvalue weighted by molar-refractivity contribution is 7.98. The van der Waals surface area contributed by atoms with Crippen LogP contribution in [0.2, 0.25) is 0 Å². The monoisotopic (exact) mass is 386 g/mol. The summed E-state index contributed by atoms with van der Waals surface area (Å²) in [5.41, 5.74) is 0.942. The summed E-state index contributed by atoms with van der Waals surface area (Å²) >= 11 is 1.58. The van der Waals surface area contributed by atoms with E-state index in [0.29, 0.717) is 12.3 Å². The summed E-state index contributed by atoms with van der Waals surface area (Å²) in [6, 6.07) is 6.69. The van der Waals surface area contributed by atoms with Crippen molar-refractivity contribution >= 4 is 11.8 Å². The third kappa shape index (κ3) is 5.78. The highest BCUT2D eigenvalue weighted by Crippen LogP contribution is 2.24. The van der Waals surface area contributed by atoms with E-state index in [2.05, 4.69) is 45.4 Å². The zero-order valence-electron chi connectivity index (χ0n) is 15.9. The fraction of sp³-hybridized carbons (Fsp3) is 0.429. The standard InChI is InChI=1S/C21H27FN4S/c1-3-12-26-20(15-25(2)14-17-8-5-4-6-9-17)23-24-21(26)27-16-18-10-7-11-19(22)13-18/h3-5,7,10-11,13,17H,1,6,8-9,12,14-16H2,2H3/t17-/m0/s1. The van der Waals surface area contributed by atoms with Gasteiger partial charge in [0.2, 0.25) is 0 Å². The third-order valence-corrected chi connectivity index (χ3v) is 5.76. The van der Waals surface area contributed by atoms with Gasteiger partial charge >= 0.3 is 0 Å². The third-order valence-electron chi connectivity index (χ3n) is 4.72. The zero-order valence-corrected chi connectivity index (χ0v) is 16.7. The number of rotatable bonds is 9. The molecule has 0 aliphatic heterocycles. The van der Waals surface area contributed by atoms with Gasteiger partial charge in [-0.25, -0.2) is 4.39 Å². The SMILES string of the molecule is C=CCn1c(CN(C)C[C@H]2CC=CCC2)nnc1SCc1cccc(F)c1. The predicted octanol–water partition coefficient (Wildman–Crippen LogP) is 4.68. The molecule has 1 aliphatic rings. The second-order valence-electron chi connectivity index (χ2n) is 7.06. The lowest BCUT2D eigenvalue weighted by atomic mass is 9.94. The van der Waals surface area contributed by atoms with E-state index < -0.39 is 0 Å². The predicted molar refractivity (Wildman–Crippen MR) is 109 cm³/mol. The Morgan fingerprint density at radius 2 is 2.26 bits per heavy atom. The summed E-state index contributed by atoms with van der Waals surface area (Å²) < 4.78 is 15.5. The van der Waals surface area contributed by atoms with Crippen molar-refractivity contribution in [1.82, 2.24) is 19.7 Å². The quantitative estimate of drug-likeness (QED) is 0.463. The number of nitrogens with zero attached hydrogens (tertiary/aromatic N) is 4. The van der Waals surface area contributed by atoms with Crippen molar-refractivity contribution in [3.05, 3.63) is 66.3 Å². The Kier molecular flexibility index (Phi) is 7.24. The largest absolute Gasteiger partial charge is 0.301 e. The van der Waals surface area contributed by atoms with E-state index >= 15 is 0 Å². The average molecular weight is 387 g/mol. The Morgan fingerprint density at radius 3 is 3.00 bits per heavy atom. The number of halogens is 1. The molecule has 0 saturated carbocycles. The molecule has 0 unspecified atom stereocenters. The van der Waals surface area contributed by atoms with Crippen molar-refractivity contribution in [3.8, 4) is 0 Å². The Morgan fingerprint density at radius 1 is 1.37 bits per heavy atom. The maximum absolute atomic E-state index is 13.4. The molecule has 1 heterocycles. The van der Waals surface area contributed by atoms with E-state index in [4.69, 9.17) is 0 Å². The van der Waals surface area contributed by atoms with Gasteiger partial charge in [-0.3, -0.25) is 4.90 Å². The van der Waals surface area contributed by atoms with Gasteiger partial charge in [0.05, 0.1) is 6.54 Å². The van der Waals surface area contributed by atoms with E-state index in [1.54, 1.807) is 23.9 Å². The number of hydrogen-bond acceptors (Lipinski definition) is 4. The van der Waals surface area contributed by atoms with Gasteiger partial charge in [-0.05, 0) is 49.9 Å². The van der Waals surface area contributed by atoms with Gasteiger partial charge in [0.25, 0.3) is 0 Å². The number of thioether (sulfide) groups is 1. The number of aromatic nitrogens is 3. The van der Waals surface area contributed by atoms with Crippen LogP contribution >= 0.6 is 11.8 Å². The van der Waals surface area contributed by atoms with Crippen LogP contribution in [-0.4, -0.2) is 33.3 Å². The number of hydrogen-bond donors (Lipinski definition) is 0. The molecule has 2 aromatic rings. The van der Waals surface area contributed by atoms with Crippen molar-refractivity contribution < 1.29 is 4.39 Å². The van der Waals surface area contributed by atoms with Crippen molar-refractivity contribution in [2.45, 2.75) is 43.3 Å². The van der Waals surface area contributed by atoms with Crippen molar-refractivity contribution in [1.29, 1.82) is 0 Å². The Balaban J connectivity index is 1.63. The molecule has 6 heteroatoms. The highest BCUT2D eigenvalue weighted by Gasteiger charge is 2.17. The van der Waals surface area contributed by atoms with Crippen molar-refractivity contribution in [2.24, 2.45) is 5.92 Å². The molecular weight excluding hydrogens is 359 g/mol. The van der Waals surface area contributed by atoms with Crippen LogP contribution < -0.4 is 0 Å². The normalized spacial score (nSPS) is 16.8. The lowest BCUT2D eigenvalue weighted by molar-refractivity contribution is 0.250. The van der Waals surface area contributed by atoms with Gasteiger partial charge in [-0.2, -0.15) is 0 Å². The minimum atomic E-state index is -0.208. The molecule has 0 fully saturated rings. The molecule has 0 spiro atoms. The second-order valence-corrected chi connectivity index (χ2v) is 8.01. The van der Waals surface area contributed by atoms with Gasteiger partial charge in [0, 0.05) is 18.8 Å². The molecule has 27 heavy (non-hydrogen) atoms. The minimum Gasteiger partial charge on any atom is -0.301 e. The van der Waals surface area contributed by atoms with Crippen LogP contribution in [0.25, 0.3) is 0 Å². The molecule has 144 valence electrons. The Hall–Kier alpha value is -1.92. The van der Waals surface area contributed by atoms with Crippen LogP contribution in [0.3, 0.4) is 0 Å². The molecule has 1 atom stereocenters. The molecule has 0 amide bonds. The average Bonchev–Trinajstić information content (AvgIpc) is 3.03. The van der Waals surface area contributed by atoms with Crippen LogP contribution in [0.4, 0.5) is 4.39 Å². The van der Waals surface area contributed by atoms with E-state index in [-0.39, 0.29) is 5.82 Å². The molecule has 1 aromatic heterocycles. The van der Waals surface area contributed by atoms with E-state index in [1.807, 2.05) is 12.1 Å². The molecule has 0 bridgehead atoms. The molecule has 0 N–H and O–H groups in total. The second kappa shape index (κ2) is 9.85. The van der Waals surface area contributed by atoms with Gasteiger partial charge < -0.3 is 4.57 Å². The van der Waals surface area contributed by atoms with Crippen LogP contribution in [0.1, 0.15) is 30.7 Å². The summed E-state index contributed by atoms with van der Waals surface area (Å²) in [6.07, 6.45) is 10.0. The van der Waals surface area contributed by atoms with Gasteiger partial charge in [0.15, 0.2) is 5.16 Å². The fourth-order valence-electron chi connectivity index (χ4n) is 3.40. The molecule has 1 aromatic carbocycles. The molecule has 4 nitrogen and oxygen atoms in total. The van der Waals surface area contributed by atoms with Gasteiger partial charge in [-0.15, -0.1) is 16.8 Å². The fourth-order valence-corrected chi connectivity index (χ4v) is 4.31. The summed E-state index contributed by atoms with van der Waals surface area (Å²) in [6.45, 7) is 6.37.